The van der Waals surface area contributed by atoms with Crippen LogP contribution in [0.15, 0.2) is 22.7 Å². The second kappa shape index (κ2) is 5.59. The molecule has 1 saturated carbocycles. The molecule has 2 rings (SSSR count). The minimum atomic E-state index is -0.178. The molecule has 0 heterocycles. The molecule has 0 radical (unpaired) electrons. The van der Waals surface area contributed by atoms with Crippen molar-refractivity contribution in [1.29, 1.82) is 0 Å². The van der Waals surface area contributed by atoms with Crippen molar-refractivity contribution in [1.82, 2.24) is 5.32 Å². The van der Waals surface area contributed by atoms with Crippen molar-refractivity contribution >= 4 is 45.0 Å². The normalized spacial score (nSPS) is 16.6. The lowest BCUT2D eigenvalue weighted by atomic mass is 10.2. The van der Waals surface area contributed by atoms with Crippen molar-refractivity contribution in [3.8, 4) is 0 Å². The maximum Gasteiger partial charge on any atom is 0.252 e. The number of hydrogen-bond donors (Lipinski definition) is 1. The van der Waals surface area contributed by atoms with E-state index >= 15 is 0 Å². The minimum absolute atomic E-state index is 0.0323. The number of hydrogen-bond acceptors (Lipinski definition) is 1. The van der Waals surface area contributed by atoms with Gasteiger partial charge in [0.15, 0.2) is 0 Å². The van der Waals surface area contributed by atoms with Crippen LogP contribution in [0.2, 0.25) is 5.02 Å². The lowest BCUT2D eigenvalue weighted by Crippen LogP contribution is -2.30. The SMILES string of the molecule is O=C(NCC(Cl)C1CC1)c1cccc(Br)c1Cl. The molecule has 1 amide bonds. The lowest BCUT2D eigenvalue weighted by Gasteiger charge is -2.11. The van der Waals surface area contributed by atoms with Gasteiger partial charge in [-0.2, -0.15) is 0 Å². The predicted octanol–water partition coefficient (Wildman–Crippen LogP) is 3.85. The van der Waals surface area contributed by atoms with Crippen LogP contribution in [0.5, 0.6) is 0 Å². The topological polar surface area (TPSA) is 29.1 Å². The van der Waals surface area contributed by atoms with E-state index in [-0.39, 0.29) is 11.3 Å². The molecule has 1 N–H and O–H groups in total. The van der Waals surface area contributed by atoms with Gasteiger partial charge in [-0.15, -0.1) is 11.6 Å². The fourth-order valence-corrected chi connectivity index (χ4v) is 2.50. The van der Waals surface area contributed by atoms with Crippen LogP contribution < -0.4 is 5.32 Å². The van der Waals surface area contributed by atoms with Gasteiger partial charge in [0.2, 0.25) is 0 Å². The highest BCUT2D eigenvalue weighted by molar-refractivity contribution is 9.10. The molecule has 17 heavy (non-hydrogen) atoms. The summed E-state index contributed by atoms with van der Waals surface area (Å²) in [7, 11) is 0. The number of amides is 1. The summed E-state index contributed by atoms with van der Waals surface area (Å²) < 4.78 is 0.719. The number of benzene rings is 1. The summed E-state index contributed by atoms with van der Waals surface area (Å²) in [5.74, 6) is 0.387. The molecule has 92 valence electrons. The molecule has 0 aromatic heterocycles. The van der Waals surface area contributed by atoms with E-state index in [0.29, 0.717) is 23.0 Å². The number of nitrogens with one attached hydrogen (secondary N) is 1. The van der Waals surface area contributed by atoms with Crippen LogP contribution in [-0.4, -0.2) is 17.8 Å². The number of halogens is 3. The van der Waals surface area contributed by atoms with Gasteiger partial charge in [0.1, 0.15) is 0 Å². The summed E-state index contributed by atoms with van der Waals surface area (Å²) in [5.41, 5.74) is 0.473. The Bertz CT molecular complexity index is 435. The fourth-order valence-electron chi connectivity index (χ4n) is 1.59. The van der Waals surface area contributed by atoms with Crippen molar-refractivity contribution in [2.24, 2.45) is 5.92 Å². The molecule has 0 saturated heterocycles. The molecular formula is C12H12BrCl2NO. The van der Waals surface area contributed by atoms with Crippen molar-refractivity contribution in [2.45, 2.75) is 18.2 Å². The highest BCUT2D eigenvalue weighted by Gasteiger charge is 2.29. The van der Waals surface area contributed by atoms with E-state index in [1.165, 1.54) is 12.8 Å². The summed E-state index contributed by atoms with van der Waals surface area (Å²) >= 11 is 15.5. The third-order valence-corrected chi connectivity index (χ3v) is 4.59. The van der Waals surface area contributed by atoms with Gasteiger partial charge in [-0.05, 0) is 46.8 Å². The Morgan fingerprint density at radius 1 is 1.53 bits per heavy atom. The highest BCUT2D eigenvalue weighted by atomic mass is 79.9. The average molecular weight is 337 g/mol. The maximum absolute atomic E-state index is 11.9. The third-order valence-electron chi connectivity index (χ3n) is 2.79. The molecule has 1 aliphatic carbocycles. The Labute approximate surface area is 119 Å². The van der Waals surface area contributed by atoms with Crippen molar-refractivity contribution in [2.75, 3.05) is 6.54 Å². The Kier molecular flexibility index (Phi) is 4.34. The second-order valence-electron chi connectivity index (χ2n) is 4.16. The molecule has 0 bridgehead atoms. The lowest BCUT2D eigenvalue weighted by molar-refractivity contribution is 0.0953. The molecule has 1 fully saturated rings. The molecule has 0 aliphatic heterocycles. The number of alkyl halides is 1. The van der Waals surface area contributed by atoms with Gasteiger partial charge in [-0.25, -0.2) is 0 Å². The first-order valence-corrected chi connectivity index (χ1v) is 7.06. The third kappa shape index (κ3) is 3.36. The van der Waals surface area contributed by atoms with Crippen LogP contribution in [0.4, 0.5) is 0 Å². The first-order valence-electron chi connectivity index (χ1n) is 5.46. The van der Waals surface area contributed by atoms with Gasteiger partial charge >= 0.3 is 0 Å². The van der Waals surface area contributed by atoms with Crippen LogP contribution in [0.3, 0.4) is 0 Å². The van der Waals surface area contributed by atoms with Gasteiger partial charge in [-0.3, -0.25) is 4.79 Å². The van der Waals surface area contributed by atoms with E-state index in [2.05, 4.69) is 21.2 Å². The standard InChI is InChI=1S/C12H12BrCl2NO/c13-9-3-1-2-8(11(9)15)12(17)16-6-10(14)7-4-5-7/h1-3,7,10H,4-6H2,(H,16,17). The summed E-state index contributed by atoms with van der Waals surface area (Å²) in [5, 5.41) is 3.28. The van der Waals surface area contributed by atoms with Gasteiger partial charge in [0, 0.05) is 11.0 Å². The average Bonchev–Trinajstić information content (AvgIpc) is 3.13. The van der Waals surface area contributed by atoms with E-state index in [9.17, 15) is 4.79 Å². The quantitative estimate of drug-likeness (QED) is 0.831. The second-order valence-corrected chi connectivity index (χ2v) is 5.96. The van der Waals surface area contributed by atoms with Gasteiger partial charge in [-0.1, -0.05) is 17.7 Å². The molecule has 5 heteroatoms. The minimum Gasteiger partial charge on any atom is -0.350 e. The Morgan fingerprint density at radius 3 is 2.88 bits per heavy atom. The molecule has 0 spiro atoms. The molecular weight excluding hydrogens is 325 g/mol. The molecule has 1 aliphatic rings. The van der Waals surface area contributed by atoms with Crippen molar-refractivity contribution in [3.05, 3.63) is 33.3 Å². The zero-order valence-corrected chi connectivity index (χ0v) is 12.1. The van der Waals surface area contributed by atoms with E-state index in [1.807, 2.05) is 0 Å². The summed E-state index contributed by atoms with van der Waals surface area (Å²) in [6.07, 6.45) is 2.34. The van der Waals surface area contributed by atoms with Crippen LogP contribution in [0.1, 0.15) is 23.2 Å². The van der Waals surface area contributed by atoms with Crippen LogP contribution in [0.25, 0.3) is 0 Å². The van der Waals surface area contributed by atoms with Crippen LogP contribution in [0, 0.1) is 5.92 Å². The Balaban J connectivity index is 1.96. The van der Waals surface area contributed by atoms with E-state index < -0.39 is 0 Å². The van der Waals surface area contributed by atoms with Crippen LogP contribution >= 0.6 is 39.1 Å². The van der Waals surface area contributed by atoms with E-state index in [1.54, 1.807) is 18.2 Å². The maximum atomic E-state index is 11.9. The van der Waals surface area contributed by atoms with Gasteiger partial charge in [0.25, 0.3) is 5.91 Å². The Hall–Kier alpha value is -0.250. The Morgan fingerprint density at radius 2 is 2.24 bits per heavy atom. The zero-order valence-electron chi connectivity index (χ0n) is 9.05. The van der Waals surface area contributed by atoms with Gasteiger partial charge in [0.05, 0.1) is 16.0 Å². The number of carbonyl (C=O) groups excluding carboxylic acids is 1. The van der Waals surface area contributed by atoms with Gasteiger partial charge < -0.3 is 5.32 Å². The smallest absolute Gasteiger partial charge is 0.252 e. The highest BCUT2D eigenvalue weighted by Crippen LogP contribution is 2.35. The van der Waals surface area contributed by atoms with Crippen molar-refractivity contribution in [3.63, 3.8) is 0 Å². The van der Waals surface area contributed by atoms with E-state index in [0.717, 1.165) is 4.47 Å². The van der Waals surface area contributed by atoms with E-state index in [4.69, 9.17) is 23.2 Å². The molecule has 1 atom stereocenters. The summed E-state index contributed by atoms with van der Waals surface area (Å²) in [6.45, 7) is 0.494. The van der Waals surface area contributed by atoms with Crippen LogP contribution in [-0.2, 0) is 0 Å². The summed E-state index contributed by atoms with van der Waals surface area (Å²) in [4.78, 5) is 11.9. The van der Waals surface area contributed by atoms with Crippen molar-refractivity contribution < 1.29 is 4.79 Å². The monoisotopic (exact) mass is 335 g/mol. The molecule has 2 nitrogen and oxygen atoms in total. The predicted molar refractivity (Wildman–Crippen MR) is 73.9 cm³/mol. The first kappa shape index (κ1) is 13.2. The zero-order chi connectivity index (χ0) is 12.4. The fraction of sp³-hybridized carbons (Fsp3) is 0.417. The first-order chi connectivity index (χ1) is 8.09. The molecule has 1 aromatic rings. The largest absolute Gasteiger partial charge is 0.350 e. The molecule has 1 aromatic carbocycles. The number of rotatable bonds is 4. The molecule has 1 unspecified atom stereocenters. The number of carbonyl (C=O) groups is 1. The summed E-state index contributed by atoms with van der Waals surface area (Å²) in [6, 6.07) is 5.28.